The van der Waals surface area contributed by atoms with Crippen LogP contribution in [0.15, 0.2) is 24.3 Å². The number of nitrogens with one attached hydrogen (secondary N) is 1. The van der Waals surface area contributed by atoms with Gasteiger partial charge in [-0.3, -0.25) is 4.79 Å². The van der Waals surface area contributed by atoms with Gasteiger partial charge in [0.1, 0.15) is 6.04 Å². The minimum atomic E-state index is -0.599. The lowest BCUT2D eigenvalue weighted by Gasteiger charge is -2.18. The predicted molar refractivity (Wildman–Crippen MR) is 73.9 cm³/mol. The summed E-state index contributed by atoms with van der Waals surface area (Å²) in [6.45, 7) is 5.91. The molecule has 0 aliphatic heterocycles. The molecule has 104 valence electrons. The van der Waals surface area contributed by atoms with Crippen LogP contribution >= 0.6 is 0 Å². The number of hydrogen-bond donors (Lipinski definition) is 1. The van der Waals surface area contributed by atoms with Gasteiger partial charge in [0.05, 0.1) is 7.11 Å². The second-order valence-corrected chi connectivity index (χ2v) is 5.05. The average Bonchev–Trinajstić information content (AvgIpc) is 2.36. The highest BCUT2D eigenvalue weighted by molar-refractivity contribution is 5.96. The first-order chi connectivity index (χ1) is 8.93. The molecule has 19 heavy (non-hydrogen) atoms. The Kier molecular flexibility index (Phi) is 5.55. The molecule has 0 radical (unpaired) electrons. The SMILES string of the molecule is COC(=O)[C@H](CC(C)C)NC(=O)c1cccc(C)c1. The normalized spacial score (nSPS) is 12.1. The lowest BCUT2D eigenvalue weighted by molar-refractivity contribution is -0.143. The van der Waals surface area contributed by atoms with Crippen LogP contribution < -0.4 is 5.32 Å². The Hall–Kier alpha value is -1.84. The Balaban J connectivity index is 2.78. The standard InChI is InChI=1S/C15H21NO3/c1-10(2)8-13(15(18)19-4)16-14(17)12-7-5-6-11(3)9-12/h5-7,9-10,13H,8H2,1-4H3,(H,16,17)/t13-/m0/s1. The molecule has 1 amide bonds. The van der Waals surface area contributed by atoms with E-state index in [-0.39, 0.29) is 5.91 Å². The maximum absolute atomic E-state index is 12.1. The highest BCUT2D eigenvalue weighted by atomic mass is 16.5. The van der Waals surface area contributed by atoms with E-state index in [0.29, 0.717) is 17.9 Å². The summed E-state index contributed by atoms with van der Waals surface area (Å²) >= 11 is 0. The van der Waals surface area contributed by atoms with Crippen molar-refractivity contribution in [3.63, 3.8) is 0 Å². The maximum Gasteiger partial charge on any atom is 0.328 e. The lowest BCUT2D eigenvalue weighted by Crippen LogP contribution is -2.42. The molecule has 0 heterocycles. The van der Waals surface area contributed by atoms with Crippen LogP contribution in [0.3, 0.4) is 0 Å². The highest BCUT2D eigenvalue weighted by Crippen LogP contribution is 2.09. The fourth-order valence-corrected chi connectivity index (χ4v) is 1.86. The molecular formula is C15H21NO3. The number of carbonyl (C=O) groups excluding carboxylic acids is 2. The van der Waals surface area contributed by atoms with Crippen LogP contribution in [0, 0.1) is 12.8 Å². The van der Waals surface area contributed by atoms with Gasteiger partial charge >= 0.3 is 5.97 Å². The van der Waals surface area contributed by atoms with Crippen molar-refractivity contribution in [2.75, 3.05) is 7.11 Å². The first-order valence-electron chi connectivity index (χ1n) is 6.39. The molecule has 0 unspecified atom stereocenters. The molecule has 4 heteroatoms. The van der Waals surface area contributed by atoms with Gasteiger partial charge in [0, 0.05) is 5.56 Å². The molecule has 1 aromatic rings. The van der Waals surface area contributed by atoms with Crippen LogP contribution in [0.1, 0.15) is 36.2 Å². The minimum Gasteiger partial charge on any atom is -0.467 e. The number of esters is 1. The number of benzene rings is 1. The van der Waals surface area contributed by atoms with Crippen LogP contribution in [-0.2, 0) is 9.53 Å². The molecule has 1 aromatic carbocycles. The van der Waals surface area contributed by atoms with Crippen LogP contribution in [0.4, 0.5) is 0 Å². The summed E-state index contributed by atoms with van der Waals surface area (Å²) in [6.07, 6.45) is 0.560. The zero-order valence-electron chi connectivity index (χ0n) is 11.9. The summed E-state index contributed by atoms with van der Waals surface area (Å²) in [4.78, 5) is 23.7. The van der Waals surface area contributed by atoms with Gasteiger partial charge in [0.2, 0.25) is 0 Å². The number of amides is 1. The second kappa shape index (κ2) is 6.92. The summed E-state index contributed by atoms with van der Waals surface area (Å²) in [5, 5.41) is 2.73. The number of ether oxygens (including phenoxy) is 1. The summed E-state index contributed by atoms with van der Waals surface area (Å²) in [5.41, 5.74) is 1.56. The number of aryl methyl sites for hydroxylation is 1. The molecule has 0 aromatic heterocycles. The van der Waals surface area contributed by atoms with Gasteiger partial charge in [-0.05, 0) is 31.4 Å². The van der Waals surface area contributed by atoms with Crippen molar-refractivity contribution in [2.24, 2.45) is 5.92 Å². The molecule has 0 aliphatic rings. The number of methoxy groups -OCH3 is 1. The van der Waals surface area contributed by atoms with Crippen molar-refractivity contribution in [1.29, 1.82) is 0 Å². The van der Waals surface area contributed by atoms with E-state index in [4.69, 9.17) is 4.74 Å². The topological polar surface area (TPSA) is 55.4 Å². The third-order valence-electron chi connectivity index (χ3n) is 2.78. The molecule has 4 nitrogen and oxygen atoms in total. The Labute approximate surface area is 114 Å². The van der Waals surface area contributed by atoms with Gasteiger partial charge in [0.25, 0.3) is 5.91 Å². The molecule has 0 fully saturated rings. The Morgan fingerprint density at radius 3 is 2.53 bits per heavy atom. The van der Waals surface area contributed by atoms with E-state index in [9.17, 15) is 9.59 Å². The van der Waals surface area contributed by atoms with Gasteiger partial charge in [-0.1, -0.05) is 31.5 Å². The Bertz CT molecular complexity index is 454. The fourth-order valence-electron chi connectivity index (χ4n) is 1.86. The van der Waals surface area contributed by atoms with Crippen molar-refractivity contribution in [3.8, 4) is 0 Å². The van der Waals surface area contributed by atoms with Crippen molar-refractivity contribution >= 4 is 11.9 Å². The molecule has 1 rings (SSSR count). The molecular weight excluding hydrogens is 242 g/mol. The largest absolute Gasteiger partial charge is 0.467 e. The smallest absolute Gasteiger partial charge is 0.328 e. The zero-order chi connectivity index (χ0) is 14.4. The van der Waals surface area contributed by atoms with E-state index in [2.05, 4.69) is 5.32 Å². The molecule has 1 atom stereocenters. The molecule has 0 bridgehead atoms. The van der Waals surface area contributed by atoms with E-state index < -0.39 is 12.0 Å². The highest BCUT2D eigenvalue weighted by Gasteiger charge is 2.23. The fraction of sp³-hybridized carbons (Fsp3) is 0.467. The summed E-state index contributed by atoms with van der Waals surface area (Å²) in [7, 11) is 1.33. The van der Waals surface area contributed by atoms with Crippen molar-refractivity contribution < 1.29 is 14.3 Å². The van der Waals surface area contributed by atoms with E-state index in [1.165, 1.54) is 7.11 Å². The Morgan fingerprint density at radius 1 is 1.32 bits per heavy atom. The first kappa shape index (κ1) is 15.2. The Morgan fingerprint density at radius 2 is 2.00 bits per heavy atom. The predicted octanol–water partition coefficient (Wildman–Crippen LogP) is 2.31. The van der Waals surface area contributed by atoms with Crippen LogP contribution in [-0.4, -0.2) is 25.0 Å². The van der Waals surface area contributed by atoms with E-state index in [1.54, 1.807) is 12.1 Å². The average molecular weight is 263 g/mol. The van der Waals surface area contributed by atoms with Crippen LogP contribution in [0.2, 0.25) is 0 Å². The quantitative estimate of drug-likeness (QED) is 0.829. The molecule has 1 N–H and O–H groups in total. The number of carbonyl (C=O) groups is 2. The monoisotopic (exact) mass is 263 g/mol. The van der Waals surface area contributed by atoms with Crippen molar-refractivity contribution in [1.82, 2.24) is 5.32 Å². The van der Waals surface area contributed by atoms with E-state index in [1.807, 2.05) is 32.9 Å². The summed E-state index contributed by atoms with van der Waals surface area (Å²) in [5.74, 6) is -0.364. The third kappa shape index (κ3) is 4.73. The number of rotatable bonds is 5. The molecule has 0 spiro atoms. The van der Waals surface area contributed by atoms with Gasteiger partial charge in [-0.2, -0.15) is 0 Å². The first-order valence-corrected chi connectivity index (χ1v) is 6.39. The minimum absolute atomic E-state index is 0.250. The van der Waals surface area contributed by atoms with Gasteiger partial charge in [-0.15, -0.1) is 0 Å². The van der Waals surface area contributed by atoms with Crippen molar-refractivity contribution in [3.05, 3.63) is 35.4 Å². The van der Waals surface area contributed by atoms with E-state index >= 15 is 0 Å². The van der Waals surface area contributed by atoms with Gasteiger partial charge in [-0.25, -0.2) is 4.79 Å². The summed E-state index contributed by atoms with van der Waals surface area (Å²) < 4.78 is 4.72. The lowest BCUT2D eigenvalue weighted by atomic mass is 10.0. The van der Waals surface area contributed by atoms with Crippen molar-refractivity contribution in [2.45, 2.75) is 33.2 Å². The van der Waals surface area contributed by atoms with Crippen LogP contribution in [0.25, 0.3) is 0 Å². The maximum atomic E-state index is 12.1. The molecule has 0 saturated heterocycles. The van der Waals surface area contributed by atoms with Gasteiger partial charge < -0.3 is 10.1 Å². The van der Waals surface area contributed by atoms with Crippen LogP contribution in [0.5, 0.6) is 0 Å². The van der Waals surface area contributed by atoms with Gasteiger partial charge in [0.15, 0.2) is 0 Å². The second-order valence-electron chi connectivity index (χ2n) is 5.05. The third-order valence-corrected chi connectivity index (χ3v) is 2.78. The molecule has 0 saturated carbocycles. The summed E-state index contributed by atoms with van der Waals surface area (Å²) in [6, 6.07) is 6.66. The van der Waals surface area contributed by atoms with E-state index in [0.717, 1.165) is 5.56 Å². The molecule has 0 aliphatic carbocycles. The zero-order valence-corrected chi connectivity index (χ0v) is 11.9. The number of hydrogen-bond acceptors (Lipinski definition) is 3.